The number of carboxylic acids is 1. The van der Waals surface area contributed by atoms with Crippen molar-refractivity contribution >= 4 is 5.97 Å². The Hall–Kier alpha value is -1.29. The van der Waals surface area contributed by atoms with Crippen molar-refractivity contribution in [3.8, 4) is 0 Å². The van der Waals surface area contributed by atoms with Crippen molar-refractivity contribution in [1.29, 1.82) is 0 Å². The Kier molecular flexibility index (Phi) is 7.83. The Morgan fingerprint density at radius 3 is 2.35 bits per heavy atom. The minimum Gasteiger partial charge on any atom is -0.498 e. The lowest BCUT2D eigenvalue weighted by atomic mass is 9.80. The van der Waals surface area contributed by atoms with Gasteiger partial charge in [-0.25, -0.2) is 4.79 Å². The van der Waals surface area contributed by atoms with E-state index in [-0.39, 0.29) is 5.41 Å². The van der Waals surface area contributed by atoms with E-state index in [9.17, 15) is 9.90 Å². The molecule has 23 heavy (non-hydrogen) atoms. The molecule has 0 amide bonds. The maximum absolute atomic E-state index is 11.6. The van der Waals surface area contributed by atoms with Crippen LogP contribution in [0.5, 0.6) is 0 Å². The molecule has 1 aliphatic carbocycles. The summed E-state index contributed by atoms with van der Waals surface area (Å²) in [5, 5.41) is 9.54. The smallest absolute Gasteiger partial charge is 0.334 e. The van der Waals surface area contributed by atoms with Gasteiger partial charge >= 0.3 is 5.97 Å². The number of ether oxygens (including phenoxy) is 2. The Labute approximate surface area is 140 Å². The van der Waals surface area contributed by atoms with Crippen LogP contribution in [0.3, 0.4) is 0 Å². The maximum atomic E-state index is 11.6. The van der Waals surface area contributed by atoms with E-state index in [0.717, 1.165) is 37.0 Å². The molecule has 1 aliphatic rings. The van der Waals surface area contributed by atoms with E-state index in [1.165, 1.54) is 0 Å². The van der Waals surface area contributed by atoms with E-state index in [2.05, 4.69) is 34.6 Å². The third-order valence-electron chi connectivity index (χ3n) is 3.96. The molecule has 0 bridgehead atoms. The first-order valence-corrected chi connectivity index (χ1v) is 8.74. The highest BCUT2D eigenvalue weighted by Crippen LogP contribution is 2.37. The lowest BCUT2D eigenvalue weighted by Crippen LogP contribution is -2.29. The van der Waals surface area contributed by atoms with Crippen LogP contribution in [0, 0.1) is 5.41 Å². The van der Waals surface area contributed by atoms with Crippen LogP contribution < -0.4 is 0 Å². The van der Waals surface area contributed by atoms with E-state index < -0.39 is 12.1 Å². The van der Waals surface area contributed by atoms with Crippen molar-refractivity contribution in [3.63, 3.8) is 0 Å². The summed E-state index contributed by atoms with van der Waals surface area (Å²) in [7, 11) is 0. The molecule has 0 aromatic heterocycles. The summed E-state index contributed by atoms with van der Waals surface area (Å²) in [4.78, 5) is 11.6. The SMILES string of the molecule is CCCCOC1=C(C(C)(C)C)C=C(C(=O)O)C(OCCCC)C1. The molecule has 4 nitrogen and oxygen atoms in total. The Bertz CT molecular complexity index is 454. The van der Waals surface area contributed by atoms with Crippen LogP contribution in [0.2, 0.25) is 0 Å². The van der Waals surface area contributed by atoms with E-state index in [1.54, 1.807) is 6.08 Å². The number of unbranched alkanes of at least 4 members (excludes halogenated alkanes) is 2. The maximum Gasteiger partial charge on any atom is 0.334 e. The zero-order valence-electron chi connectivity index (χ0n) is 15.3. The number of hydrogen-bond acceptors (Lipinski definition) is 3. The Morgan fingerprint density at radius 1 is 1.22 bits per heavy atom. The van der Waals surface area contributed by atoms with E-state index in [4.69, 9.17) is 9.47 Å². The quantitative estimate of drug-likeness (QED) is 0.624. The molecule has 1 rings (SSSR count). The first-order chi connectivity index (χ1) is 10.8. The highest BCUT2D eigenvalue weighted by Gasteiger charge is 2.33. The molecule has 132 valence electrons. The molecule has 0 saturated heterocycles. The summed E-state index contributed by atoms with van der Waals surface area (Å²) in [6.07, 6.45) is 5.90. The highest BCUT2D eigenvalue weighted by molar-refractivity contribution is 5.89. The number of hydrogen-bond donors (Lipinski definition) is 1. The van der Waals surface area contributed by atoms with Crippen LogP contribution in [0.25, 0.3) is 0 Å². The van der Waals surface area contributed by atoms with E-state index in [0.29, 0.717) is 25.2 Å². The summed E-state index contributed by atoms with van der Waals surface area (Å²) in [6.45, 7) is 11.7. The van der Waals surface area contributed by atoms with Gasteiger partial charge < -0.3 is 14.6 Å². The van der Waals surface area contributed by atoms with Gasteiger partial charge in [-0.05, 0) is 29.9 Å². The average Bonchev–Trinajstić information content (AvgIpc) is 2.46. The largest absolute Gasteiger partial charge is 0.498 e. The number of carbonyl (C=O) groups is 1. The van der Waals surface area contributed by atoms with Crippen LogP contribution in [0.1, 0.15) is 66.7 Å². The fourth-order valence-corrected chi connectivity index (χ4v) is 2.55. The molecule has 0 radical (unpaired) electrons. The fourth-order valence-electron chi connectivity index (χ4n) is 2.55. The van der Waals surface area contributed by atoms with Crippen LogP contribution in [-0.4, -0.2) is 30.4 Å². The van der Waals surface area contributed by atoms with Crippen LogP contribution >= 0.6 is 0 Å². The summed E-state index contributed by atoms with van der Waals surface area (Å²) in [5.74, 6) is -0.0155. The normalized spacial score (nSPS) is 18.8. The standard InChI is InChI=1S/C19H32O4/c1-6-8-10-22-16-13-17(23-11-9-7-2)15(19(3,4)5)12-14(16)18(20)21/h12,16H,6-11,13H2,1-5H3,(H,20,21). The van der Waals surface area contributed by atoms with Crippen LogP contribution in [0.15, 0.2) is 23.0 Å². The van der Waals surface area contributed by atoms with Crippen molar-refractivity contribution in [1.82, 2.24) is 0 Å². The zero-order valence-corrected chi connectivity index (χ0v) is 15.3. The molecular weight excluding hydrogens is 292 g/mol. The van der Waals surface area contributed by atoms with Gasteiger partial charge in [0, 0.05) is 13.0 Å². The van der Waals surface area contributed by atoms with E-state index >= 15 is 0 Å². The highest BCUT2D eigenvalue weighted by atomic mass is 16.5. The van der Waals surface area contributed by atoms with Gasteiger partial charge in [-0.2, -0.15) is 0 Å². The van der Waals surface area contributed by atoms with Crippen molar-refractivity contribution < 1.29 is 19.4 Å². The first kappa shape index (κ1) is 19.8. The van der Waals surface area contributed by atoms with Crippen molar-refractivity contribution in [2.75, 3.05) is 13.2 Å². The summed E-state index contributed by atoms with van der Waals surface area (Å²) in [6, 6.07) is 0. The molecule has 0 spiro atoms. The molecule has 0 aromatic rings. The molecular formula is C19H32O4. The average molecular weight is 324 g/mol. The summed E-state index contributed by atoms with van der Waals surface area (Å²) in [5.41, 5.74) is 1.16. The predicted molar refractivity (Wildman–Crippen MR) is 92.3 cm³/mol. The number of rotatable bonds is 9. The van der Waals surface area contributed by atoms with Gasteiger partial charge in [-0.1, -0.05) is 47.5 Å². The zero-order chi connectivity index (χ0) is 17.5. The van der Waals surface area contributed by atoms with Crippen LogP contribution in [0.4, 0.5) is 0 Å². The third-order valence-corrected chi connectivity index (χ3v) is 3.96. The Morgan fingerprint density at radius 2 is 1.83 bits per heavy atom. The number of allylic oxidation sites excluding steroid dienone is 2. The molecule has 0 heterocycles. The first-order valence-electron chi connectivity index (χ1n) is 8.74. The molecule has 0 aliphatic heterocycles. The van der Waals surface area contributed by atoms with Crippen molar-refractivity contribution in [3.05, 3.63) is 23.0 Å². The lowest BCUT2D eigenvalue weighted by Gasteiger charge is -2.32. The molecule has 1 atom stereocenters. The third kappa shape index (κ3) is 6.02. The monoisotopic (exact) mass is 324 g/mol. The minimum atomic E-state index is -0.902. The minimum absolute atomic E-state index is 0.156. The Balaban J connectivity index is 3.04. The van der Waals surface area contributed by atoms with Gasteiger partial charge in [-0.3, -0.25) is 0 Å². The number of carboxylic acid groups (broad SMARTS) is 1. The van der Waals surface area contributed by atoms with Crippen molar-refractivity contribution in [2.24, 2.45) is 5.41 Å². The second kappa shape index (κ2) is 9.11. The van der Waals surface area contributed by atoms with Gasteiger partial charge in [0.05, 0.1) is 18.3 Å². The second-order valence-electron chi connectivity index (χ2n) is 7.11. The topological polar surface area (TPSA) is 55.8 Å². The van der Waals surface area contributed by atoms with Gasteiger partial charge in [0.2, 0.25) is 0 Å². The molecule has 0 aromatic carbocycles. The molecule has 1 unspecified atom stereocenters. The van der Waals surface area contributed by atoms with Crippen LogP contribution in [-0.2, 0) is 14.3 Å². The van der Waals surface area contributed by atoms with E-state index in [1.807, 2.05) is 0 Å². The van der Waals surface area contributed by atoms with Gasteiger partial charge in [0.25, 0.3) is 0 Å². The molecule has 1 N–H and O–H groups in total. The molecule has 4 heteroatoms. The van der Waals surface area contributed by atoms with Gasteiger partial charge in [-0.15, -0.1) is 0 Å². The fraction of sp³-hybridized carbons (Fsp3) is 0.737. The second-order valence-corrected chi connectivity index (χ2v) is 7.11. The van der Waals surface area contributed by atoms with Gasteiger partial charge in [0.15, 0.2) is 0 Å². The summed E-state index contributed by atoms with van der Waals surface area (Å²) < 4.78 is 11.8. The summed E-state index contributed by atoms with van der Waals surface area (Å²) >= 11 is 0. The molecule has 0 saturated carbocycles. The lowest BCUT2D eigenvalue weighted by molar-refractivity contribution is -0.134. The van der Waals surface area contributed by atoms with Gasteiger partial charge in [0.1, 0.15) is 5.76 Å². The number of aliphatic carboxylic acids is 1. The molecule has 0 fully saturated rings. The predicted octanol–water partition coefficient (Wildman–Crippen LogP) is 4.70. The van der Waals surface area contributed by atoms with Crippen molar-refractivity contribution in [2.45, 2.75) is 72.8 Å².